The maximum Gasteiger partial charge on any atom is 0.0165 e. The minimum absolute atomic E-state index is 0.0449. The van der Waals surface area contributed by atoms with Gasteiger partial charge in [-0.3, -0.25) is 0 Å². The van der Waals surface area contributed by atoms with E-state index in [4.69, 9.17) is 0 Å². The molecule has 0 atom stereocenters. The Kier molecular flexibility index (Phi) is 4.31. The van der Waals surface area contributed by atoms with Crippen molar-refractivity contribution in [3.05, 3.63) is 107 Å². The molecule has 2 aliphatic rings. The van der Waals surface area contributed by atoms with Gasteiger partial charge in [0.1, 0.15) is 0 Å². The second-order valence-electron chi connectivity index (χ2n) is 10.7. The summed E-state index contributed by atoms with van der Waals surface area (Å²) in [6.45, 7) is 4.87. The van der Waals surface area contributed by atoms with Crippen LogP contribution in [0.1, 0.15) is 55.4 Å². The summed E-state index contributed by atoms with van der Waals surface area (Å²) >= 11 is 0. The van der Waals surface area contributed by atoms with Gasteiger partial charge in [0, 0.05) is 5.41 Å². The molecular formula is C34H30. The van der Waals surface area contributed by atoms with Crippen molar-refractivity contribution in [2.24, 2.45) is 0 Å². The Bertz CT molecular complexity index is 1600. The highest BCUT2D eigenvalue weighted by atomic mass is 14.4. The van der Waals surface area contributed by atoms with E-state index in [1.165, 1.54) is 91.7 Å². The van der Waals surface area contributed by atoms with Gasteiger partial charge in [0.05, 0.1) is 0 Å². The minimum atomic E-state index is -0.0449. The first-order valence-corrected chi connectivity index (χ1v) is 12.8. The maximum atomic E-state index is 2.57. The third kappa shape index (κ3) is 2.72. The van der Waals surface area contributed by atoms with Crippen LogP contribution in [0.4, 0.5) is 0 Å². The van der Waals surface area contributed by atoms with Gasteiger partial charge in [-0.25, -0.2) is 0 Å². The van der Waals surface area contributed by atoms with Crippen LogP contribution in [-0.2, 0) is 18.3 Å². The molecule has 7 rings (SSSR count). The molecule has 0 fully saturated rings. The average Bonchev–Trinajstić information content (AvgIpc) is 3.14. The van der Waals surface area contributed by atoms with E-state index in [-0.39, 0.29) is 5.41 Å². The lowest BCUT2D eigenvalue weighted by atomic mass is 9.78. The van der Waals surface area contributed by atoms with Crippen molar-refractivity contribution in [3.63, 3.8) is 0 Å². The second kappa shape index (κ2) is 7.31. The average molecular weight is 439 g/mol. The molecule has 0 nitrogen and oxygen atoms in total. The molecule has 5 aromatic carbocycles. The van der Waals surface area contributed by atoms with Gasteiger partial charge in [0.15, 0.2) is 0 Å². The first kappa shape index (κ1) is 20.0. The summed E-state index contributed by atoms with van der Waals surface area (Å²) in [5.41, 5.74) is 11.8. The van der Waals surface area contributed by atoms with Crippen LogP contribution in [0.25, 0.3) is 43.8 Å². The van der Waals surface area contributed by atoms with Crippen LogP contribution < -0.4 is 0 Å². The fourth-order valence-electron chi connectivity index (χ4n) is 6.84. The fourth-order valence-corrected chi connectivity index (χ4v) is 6.84. The van der Waals surface area contributed by atoms with E-state index in [2.05, 4.69) is 98.8 Å². The van der Waals surface area contributed by atoms with Crippen molar-refractivity contribution in [2.75, 3.05) is 0 Å². The summed E-state index contributed by atoms with van der Waals surface area (Å²) in [5, 5.41) is 5.54. The van der Waals surface area contributed by atoms with Crippen LogP contribution in [-0.4, -0.2) is 0 Å². The number of benzene rings is 5. The Morgan fingerprint density at radius 2 is 1.15 bits per heavy atom. The van der Waals surface area contributed by atoms with Crippen molar-refractivity contribution in [1.29, 1.82) is 0 Å². The van der Waals surface area contributed by atoms with Gasteiger partial charge < -0.3 is 0 Å². The molecule has 166 valence electrons. The highest BCUT2D eigenvalue weighted by Gasteiger charge is 2.39. The SMILES string of the molecule is CC1(C)c2cc3c(cc2-c2c1c1ccccc1c1ccccc21)CCCCCc1ccccc1-3. The third-order valence-electron chi connectivity index (χ3n) is 8.44. The van der Waals surface area contributed by atoms with Crippen molar-refractivity contribution in [2.45, 2.75) is 51.4 Å². The molecule has 0 aliphatic heterocycles. The first-order chi connectivity index (χ1) is 16.6. The quantitative estimate of drug-likeness (QED) is 0.211. The molecule has 0 bridgehead atoms. The van der Waals surface area contributed by atoms with Gasteiger partial charge in [-0.2, -0.15) is 0 Å². The standard InChI is InChI=1S/C34H30/c1-34(2)31-21-29-23(14-5-3-4-12-22-13-6-7-15-24(22)29)20-30(31)32-27-18-10-8-16-25(27)26-17-9-11-19-28(26)33(32)34/h6-11,13,15-21H,3-5,12,14H2,1-2H3. The zero-order valence-electron chi connectivity index (χ0n) is 20.1. The zero-order chi connectivity index (χ0) is 22.9. The van der Waals surface area contributed by atoms with E-state index in [9.17, 15) is 0 Å². The second-order valence-corrected chi connectivity index (χ2v) is 10.7. The number of fused-ring (bicyclic) bond motifs is 11. The molecule has 0 heterocycles. The Morgan fingerprint density at radius 3 is 1.94 bits per heavy atom. The van der Waals surface area contributed by atoms with Crippen LogP contribution in [0.3, 0.4) is 0 Å². The summed E-state index contributed by atoms with van der Waals surface area (Å²) in [6, 6.07) is 32.3. The van der Waals surface area contributed by atoms with Gasteiger partial charge in [-0.15, -0.1) is 0 Å². The fraction of sp³-hybridized carbons (Fsp3) is 0.235. The summed E-state index contributed by atoms with van der Waals surface area (Å²) in [4.78, 5) is 0. The van der Waals surface area contributed by atoms with Crippen molar-refractivity contribution < 1.29 is 0 Å². The van der Waals surface area contributed by atoms with Crippen LogP contribution in [0.5, 0.6) is 0 Å². The monoisotopic (exact) mass is 438 g/mol. The molecular weight excluding hydrogens is 408 g/mol. The highest BCUT2D eigenvalue weighted by molar-refractivity contribution is 6.18. The van der Waals surface area contributed by atoms with Crippen molar-refractivity contribution >= 4 is 21.5 Å². The van der Waals surface area contributed by atoms with E-state index in [1.54, 1.807) is 0 Å². The molecule has 5 aromatic rings. The van der Waals surface area contributed by atoms with Gasteiger partial charge >= 0.3 is 0 Å². The molecule has 0 aromatic heterocycles. The van der Waals surface area contributed by atoms with Crippen LogP contribution >= 0.6 is 0 Å². The van der Waals surface area contributed by atoms with Gasteiger partial charge in [0.2, 0.25) is 0 Å². The van der Waals surface area contributed by atoms with Crippen LogP contribution in [0.15, 0.2) is 84.9 Å². The topological polar surface area (TPSA) is 0 Å². The van der Waals surface area contributed by atoms with Gasteiger partial charge in [-0.05, 0) is 97.8 Å². The van der Waals surface area contributed by atoms with Gasteiger partial charge in [0.25, 0.3) is 0 Å². The number of rotatable bonds is 0. The van der Waals surface area contributed by atoms with Gasteiger partial charge in [-0.1, -0.05) is 99.1 Å². The maximum absolute atomic E-state index is 2.57. The Hall–Kier alpha value is -3.38. The Balaban J connectivity index is 1.61. The molecule has 0 saturated heterocycles. The molecule has 0 spiro atoms. The summed E-state index contributed by atoms with van der Waals surface area (Å²) in [7, 11) is 0. The number of aryl methyl sites for hydroxylation is 2. The molecule has 0 unspecified atom stereocenters. The third-order valence-corrected chi connectivity index (χ3v) is 8.44. The lowest BCUT2D eigenvalue weighted by molar-refractivity contribution is 0.665. The normalized spacial score (nSPS) is 16.2. The predicted octanol–water partition coefficient (Wildman–Crippen LogP) is 9.24. The summed E-state index contributed by atoms with van der Waals surface area (Å²) in [5.74, 6) is 0. The molecule has 0 N–H and O–H groups in total. The minimum Gasteiger partial charge on any atom is -0.0620 e. The van der Waals surface area contributed by atoms with Crippen LogP contribution in [0.2, 0.25) is 0 Å². The highest BCUT2D eigenvalue weighted by Crippen LogP contribution is 2.55. The van der Waals surface area contributed by atoms with Crippen molar-refractivity contribution in [3.8, 4) is 22.3 Å². The summed E-state index contributed by atoms with van der Waals surface area (Å²) in [6.07, 6.45) is 6.22. The largest absolute Gasteiger partial charge is 0.0620 e. The Morgan fingerprint density at radius 1 is 0.529 bits per heavy atom. The zero-order valence-corrected chi connectivity index (χ0v) is 20.1. The van der Waals surface area contributed by atoms with Crippen LogP contribution in [0, 0.1) is 0 Å². The number of hydrogen-bond acceptors (Lipinski definition) is 0. The molecule has 0 radical (unpaired) electrons. The predicted molar refractivity (Wildman–Crippen MR) is 146 cm³/mol. The van der Waals surface area contributed by atoms with E-state index < -0.39 is 0 Å². The number of hydrogen-bond donors (Lipinski definition) is 0. The molecule has 2 aliphatic carbocycles. The smallest absolute Gasteiger partial charge is 0.0165 e. The molecule has 34 heavy (non-hydrogen) atoms. The molecule has 0 saturated carbocycles. The van der Waals surface area contributed by atoms with Crippen molar-refractivity contribution in [1.82, 2.24) is 0 Å². The Labute approximate surface area is 202 Å². The lowest BCUT2D eigenvalue weighted by Gasteiger charge is -2.25. The van der Waals surface area contributed by atoms with E-state index >= 15 is 0 Å². The lowest BCUT2D eigenvalue weighted by Crippen LogP contribution is -2.16. The van der Waals surface area contributed by atoms with E-state index in [0.717, 1.165) is 6.42 Å². The van der Waals surface area contributed by atoms with E-state index in [0.29, 0.717) is 0 Å². The first-order valence-electron chi connectivity index (χ1n) is 12.8. The van der Waals surface area contributed by atoms with E-state index in [1.807, 2.05) is 0 Å². The molecule has 0 amide bonds. The molecule has 0 heteroatoms. The summed E-state index contributed by atoms with van der Waals surface area (Å²) < 4.78 is 0.